The molecule has 1 amide bonds. The maximum atomic E-state index is 12.9. The number of anilines is 1. The van der Waals surface area contributed by atoms with Crippen molar-refractivity contribution in [2.45, 2.75) is 23.6 Å². The van der Waals surface area contributed by atoms with Crippen LogP contribution in [-0.4, -0.2) is 53.4 Å². The summed E-state index contributed by atoms with van der Waals surface area (Å²) in [4.78, 5) is 11.4. The molecule has 1 aliphatic rings. The SMILES string of the molecule is Cc1ccc(S(=O)(=O)N2CCOCC2)cc1NS(=O)(=O)c1ccc(C)c(C(N)=O)c1. The molecular weight excluding hydrogens is 430 g/mol. The molecule has 0 aliphatic carbocycles. The lowest BCUT2D eigenvalue weighted by Crippen LogP contribution is -2.40. The Morgan fingerprint density at radius 3 is 2.20 bits per heavy atom. The van der Waals surface area contributed by atoms with E-state index in [4.69, 9.17) is 10.5 Å². The number of rotatable bonds is 6. The first-order chi connectivity index (χ1) is 14.0. The molecule has 0 unspecified atom stereocenters. The lowest BCUT2D eigenvalue weighted by molar-refractivity contribution is 0.0730. The van der Waals surface area contributed by atoms with Crippen LogP contribution in [0.5, 0.6) is 0 Å². The van der Waals surface area contributed by atoms with Crippen LogP contribution in [0.25, 0.3) is 0 Å². The van der Waals surface area contributed by atoms with Crippen LogP contribution in [0, 0.1) is 13.8 Å². The predicted octanol–water partition coefficient (Wildman–Crippen LogP) is 1.22. The summed E-state index contributed by atoms with van der Waals surface area (Å²) in [6.07, 6.45) is 0. The number of sulfonamides is 2. The molecular formula is C19H23N3O6S2. The van der Waals surface area contributed by atoms with E-state index in [0.717, 1.165) is 0 Å². The molecule has 1 fully saturated rings. The van der Waals surface area contributed by atoms with Gasteiger partial charge in [-0.25, -0.2) is 16.8 Å². The summed E-state index contributed by atoms with van der Waals surface area (Å²) < 4.78 is 60.4. The van der Waals surface area contributed by atoms with Crippen LogP contribution in [0.3, 0.4) is 0 Å². The van der Waals surface area contributed by atoms with Crippen LogP contribution in [0.1, 0.15) is 21.5 Å². The molecule has 0 atom stereocenters. The van der Waals surface area contributed by atoms with Gasteiger partial charge in [-0.2, -0.15) is 4.31 Å². The van der Waals surface area contributed by atoms with Crippen LogP contribution < -0.4 is 10.5 Å². The number of hydrogen-bond donors (Lipinski definition) is 2. The Morgan fingerprint density at radius 2 is 1.57 bits per heavy atom. The van der Waals surface area contributed by atoms with Gasteiger partial charge >= 0.3 is 0 Å². The Morgan fingerprint density at radius 1 is 0.967 bits per heavy atom. The Bertz CT molecular complexity index is 1190. The molecule has 9 nitrogen and oxygen atoms in total. The first-order valence-electron chi connectivity index (χ1n) is 9.14. The van der Waals surface area contributed by atoms with Crippen molar-refractivity contribution in [3.63, 3.8) is 0 Å². The van der Waals surface area contributed by atoms with E-state index in [1.165, 1.54) is 40.7 Å². The van der Waals surface area contributed by atoms with E-state index in [9.17, 15) is 21.6 Å². The molecule has 11 heteroatoms. The number of nitrogens with zero attached hydrogens (tertiary/aromatic N) is 1. The maximum absolute atomic E-state index is 12.9. The zero-order valence-electron chi connectivity index (χ0n) is 16.6. The molecule has 1 aliphatic heterocycles. The van der Waals surface area contributed by atoms with Crippen molar-refractivity contribution in [1.29, 1.82) is 0 Å². The largest absolute Gasteiger partial charge is 0.379 e. The van der Waals surface area contributed by atoms with Crippen LogP contribution in [-0.2, 0) is 24.8 Å². The molecule has 0 aromatic heterocycles. The van der Waals surface area contributed by atoms with Crippen molar-refractivity contribution in [3.05, 3.63) is 53.1 Å². The average Bonchev–Trinajstić information content (AvgIpc) is 2.70. The predicted molar refractivity (Wildman–Crippen MR) is 111 cm³/mol. The van der Waals surface area contributed by atoms with Crippen molar-refractivity contribution in [2.75, 3.05) is 31.0 Å². The molecule has 0 radical (unpaired) electrons. The normalized spacial score (nSPS) is 15.7. The Hall–Kier alpha value is -2.47. The first kappa shape index (κ1) is 22.2. The second-order valence-corrected chi connectivity index (χ2v) is 10.6. The Kier molecular flexibility index (Phi) is 6.18. The summed E-state index contributed by atoms with van der Waals surface area (Å²) in [5.74, 6) is -0.737. The zero-order chi connectivity index (χ0) is 22.1. The summed E-state index contributed by atoms with van der Waals surface area (Å²) in [7, 11) is -7.87. The topological polar surface area (TPSA) is 136 Å². The molecule has 1 heterocycles. The number of nitrogens with one attached hydrogen (secondary N) is 1. The van der Waals surface area contributed by atoms with E-state index >= 15 is 0 Å². The smallest absolute Gasteiger partial charge is 0.261 e. The van der Waals surface area contributed by atoms with Gasteiger partial charge in [0.1, 0.15) is 0 Å². The summed E-state index contributed by atoms with van der Waals surface area (Å²) in [5, 5.41) is 0. The van der Waals surface area contributed by atoms with Gasteiger partial charge in [0.05, 0.1) is 28.7 Å². The third-order valence-corrected chi connectivity index (χ3v) is 8.10. The van der Waals surface area contributed by atoms with E-state index < -0.39 is 26.0 Å². The highest BCUT2D eigenvalue weighted by Gasteiger charge is 2.27. The van der Waals surface area contributed by atoms with Crippen molar-refractivity contribution in [1.82, 2.24) is 4.31 Å². The van der Waals surface area contributed by atoms with E-state index in [1.54, 1.807) is 13.8 Å². The quantitative estimate of drug-likeness (QED) is 0.675. The third kappa shape index (κ3) is 4.48. The number of hydrogen-bond acceptors (Lipinski definition) is 6. The van der Waals surface area contributed by atoms with Crippen LogP contribution in [0.4, 0.5) is 5.69 Å². The molecule has 3 N–H and O–H groups in total. The number of morpholine rings is 1. The third-order valence-electron chi connectivity index (χ3n) is 4.85. The van der Waals surface area contributed by atoms with Crippen molar-refractivity contribution >= 4 is 31.6 Å². The zero-order valence-corrected chi connectivity index (χ0v) is 18.2. The molecule has 2 aromatic rings. The fourth-order valence-corrected chi connectivity index (χ4v) is 5.63. The molecule has 2 aromatic carbocycles. The van der Waals surface area contributed by atoms with Gasteiger partial charge in [0, 0.05) is 18.7 Å². The van der Waals surface area contributed by atoms with Gasteiger partial charge in [0.15, 0.2) is 0 Å². The van der Waals surface area contributed by atoms with Crippen molar-refractivity contribution in [3.8, 4) is 0 Å². The number of ether oxygens (including phenoxy) is 1. The molecule has 1 saturated heterocycles. The monoisotopic (exact) mass is 453 g/mol. The fourth-order valence-electron chi connectivity index (χ4n) is 3.04. The highest BCUT2D eigenvalue weighted by atomic mass is 32.2. The average molecular weight is 454 g/mol. The fraction of sp³-hybridized carbons (Fsp3) is 0.316. The van der Waals surface area contributed by atoms with Gasteiger partial charge in [0.2, 0.25) is 15.9 Å². The standard InChI is InChI=1S/C19H23N3O6S2/c1-13-3-5-15(11-17(13)19(20)23)29(24,25)21-18-12-16(6-4-14(18)2)30(26,27)22-7-9-28-10-8-22/h3-6,11-12,21H,7-10H2,1-2H3,(H2,20,23). The molecule has 0 bridgehead atoms. The number of carbonyl (C=O) groups is 1. The van der Waals surface area contributed by atoms with E-state index in [0.29, 0.717) is 24.3 Å². The van der Waals surface area contributed by atoms with Crippen molar-refractivity contribution in [2.24, 2.45) is 5.73 Å². The molecule has 0 saturated carbocycles. The summed E-state index contributed by atoms with van der Waals surface area (Å²) in [5.41, 5.74) is 6.63. The Labute approximate surface area is 175 Å². The number of amides is 1. The van der Waals surface area contributed by atoms with E-state index in [2.05, 4.69) is 4.72 Å². The minimum atomic E-state index is -4.08. The van der Waals surface area contributed by atoms with Gasteiger partial charge in [0.25, 0.3) is 10.0 Å². The lowest BCUT2D eigenvalue weighted by atomic mass is 10.1. The van der Waals surface area contributed by atoms with Gasteiger partial charge in [-0.3, -0.25) is 9.52 Å². The minimum absolute atomic E-state index is 0.0190. The minimum Gasteiger partial charge on any atom is -0.379 e. The second-order valence-electron chi connectivity index (χ2n) is 6.94. The Balaban J connectivity index is 1.96. The molecule has 30 heavy (non-hydrogen) atoms. The van der Waals surface area contributed by atoms with Crippen molar-refractivity contribution < 1.29 is 26.4 Å². The lowest BCUT2D eigenvalue weighted by Gasteiger charge is -2.26. The molecule has 0 spiro atoms. The number of benzene rings is 2. The number of aryl methyl sites for hydroxylation is 2. The number of carbonyl (C=O) groups excluding carboxylic acids is 1. The van der Waals surface area contributed by atoms with Gasteiger partial charge < -0.3 is 10.5 Å². The van der Waals surface area contributed by atoms with Gasteiger partial charge in [-0.1, -0.05) is 12.1 Å². The second kappa shape index (κ2) is 8.34. The van der Waals surface area contributed by atoms with E-state index in [1.807, 2.05) is 0 Å². The van der Waals surface area contributed by atoms with Gasteiger partial charge in [-0.05, 0) is 49.2 Å². The number of nitrogens with two attached hydrogens (primary N) is 1. The molecule has 162 valence electrons. The summed E-state index contributed by atoms with van der Waals surface area (Å²) in [6, 6.07) is 8.31. The number of primary amides is 1. The van der Waals surface area contributed by atoms with Crippen LogP contribution >= 0.6 is 0 Å². The summed E-state index contributed by atoms with van der Waals surface area (Å²) >= 11 is 0. The summed E-state index contributed by atoms with van der Waals surface area (Å²) in [6.45, 7) is 4.38. The van der Waals surface area contributed by atoms with Crippen LogP contribution in [0.15, 0.2) is 46.2 Å². The maximum Gasteiger partial charge on any atom is 0.261 e. The van der Waals surface area contributed by atoms with Crippen LogP contribution in [0.2, 0.25) is 0 Å². The highest BCUT2D eigenvalue weighted by Crippen LogP contribution is 2.26. The van der Waals surface area contributed by atoms with E-state index in [-0.39, 0.29) is 34.1 Å². The highest BCUT2D eigenvalue weighted by molar-refractivity contribution is 7.92. The van der Waals surface area contributed by atoms with Gasteiger partial charge in [-0.15, -0.1) is 0 Å². The first-order valence-corrected chi connectivity index (χ1v) is 12.1. The molecule has 3 rings (SSSR count).